The minimum Gasteiger partial charge on any atom is -0.500 e. The molecule has 3 rings (SSSR count). The van der Waals surface area contributed by atoms with Crippen LogP contribution in [0.15, 0.2) is 17.6 Å². The van der Waals surface area contributed by atoms with Crippen LogP contribution < -0.4 is 10.1 Å². The molecule has 0 radical (unpaired) electrons. The maximum Gasteiger partial charge on any atom is 0.298 e. The highest BCUT2D eigenvalue weighted by Crippen LogP contribution is 2.55. The van der Waals surface area contributed by atoms with E-state index in [0.717, 1.165) is 24.8 Å². The lowest BCUT2D eigenvalue weighted by Gasteiger charge is -2.31. The number of fused-ring (bicyclic) bond motifs is 1. The van der Waals surface area contributed by atoms with E-state index in [1.54, 1.807) is 6.07 Å². The van der Waals surface area contributed by atoms with Crippen molar-refractivity contribution in [2.45, 2.75) is 45.6 Å². The van der Waals surface area contributed by atoms with Gasteiger partial charge in [0.15, 0.2) is 0 Å². The number of amides is 2. The monoisotopic (exact) mass is 399 g/mol. The predicted octanol–water partition coefficient (Wildman–Crippen LogP) is 3.58. The van der Waals surface area contributed by atoms with Gasteiger partial charge in [-0.05, 0) is 30.9 Å². The summed E-state index contributed by atoms with van der Waals surface area (Å²) in [7, 11) is 0. The Hall–Kier alpha value is -1.76. The van der Waals surface area contributed by atoms with Gasteiger partial charge in [-0.3, -0.25) is 14.9 Å². The summed E-state index contributed by atoms with van der Waals surface area (Å²) < 4.78 is 5.40. The minimum absolute atomic E-state index is 0.0142. The summed E-state index contributed by atoms with van der Waals surface area (Å²) in [6, 6.07) is 1.61. The molecule has 0 fully saturated rings. The van der Waals surface area contributed by atoms with Gasteiger partial charge in [-0.25, -0.2) is 0 Å². The standard InChI is InChI=1S/C18H19Cl2NO5/c1-3-5-18(4-2)7-8-6-9(11(19)12(20)10(8)15(18)23)26-14-13(22)16(24)21-17(14)25/h6,15,23H,3-5,7H2,1-2H3,(H2,21,22,24,25). The zero-order valence-electron chi connectivity index (χ0n) is 14.4. The Balaban J connectivity index is 2.04. The molecule has 1 aromatic rings. The molecule has 8 heteroatoms. The number of imide groups is 1. The number of hydrogen-bond acceptors (Lipinski definition) is 5. The van der Waals surface area contributed by atoms with Crippen molar-refractivity contribution in [3.8, 4) is 5.75 Å². The van der Waals surface area contributed by atoms with Gasteiger partial charge in [0.05, 0.1) is 11.1 Å². The molecule has 140 valence electrons. The van der Waals surface area contributed by atoms with Crippen molar-refractivity contribution in [2.24, 2.45) is 5.41 Å². The molecule has 3 N–H and O–H groups in total. The summed E-state index contributed by atoms with van der Waals surface area (Å²) in [6.07, 6.45) is 2.36. The van der Waals surface area contributed by atoms with Gasteiger partial charge in [-0.15, -0.1) is 0 Å². The molecule has 1 aliphatic heterocycles. The molecule has 2 unspecified atom stereocenters. The van der Waals surface area contributed by atoms with Crippen molar-refractivity contribution in [3.63, 3.8) is 0 Å². The van der Waals surface area contributed by atoms with E-state index in [9.17, 15) is 19.8 Å². The lowest BCUT2D eigenvalue weighted by atomic mass is 9.76. The van der Waals surface area contributed by atoms with Crippen LogP contribution in [0, 0.1) is 5.41 Å². The van der Waals surface area contributed by atoms with Crippen molar-refractivity contribution < 1.29 is 24.5 Å². The van der Waals surface area contributed by atoms with E-state index >= 15 is 0 Å². The SMILES string of the molecule is CCCC1(CC)Cc2cc(OC3=C(O)C(=O)NC3=O)c(Cl)c(Cl)c2C1O. The van der Waals surface area contributed by atoms with Crippen LogP contribution in [0.1, 0.15) is 50.3 Å². The molecule has 26 heavy (non-hydrogen) atoms. The molecule has 1 aromatic carbocycles. The largest absolute Gasteiger partial charge is 0.500 e. The molecule has 0 aromatic heterocycles. The Morgan fingerprint density at radius 1 is 1.27 bits per heavy atom. The van der Waals surface area contributed by atoms with Crippen LogP contribution in [-0.4, -0.2) is 22.0 Å². The lowest BCUT2D eigenvalue weighted by Crippen LogP contribution is -2.25. The Kier molecular flexibility index (Phi) is 4.94. The third-order valence-electron chi connectivity index (χ3n) is 5.22. The quantitative estimate of drug-likeness (QED) is 0.657. The van der Waals surface area contributed by atoms with E-state index in [4.69, 9.17) is 27.9 Å². The fourth-order valence-corrected chi connectivity index (χ4v) is 4.33. The van der Waals surface area contributed by atoms with E-state index in [1.165, 1.54) is 0 Å². The van der Waals surface area contributed by atoms with Gasteiger partial charge < -0.3 is 14.9 Å². The fraction of sp³-hybridized carbons (Fsp3) is 0.444. The number of aliphatic hydroxyl groups excluding tert-OH is 2. The second kappa shape index (κ2) is 6.76. The summed E-state index contributed by atoms with van der Waals surface area (Å²) >= 11 is 12.7. The van der Waals surface area contributed by atoms with Crippen LogP contribution in [0.5, 0.6) is 5.75 Å². The van der Waals surface area contributed by atoms with Gasteiger partial charge in [0.25, 0.3) is 11.8 Å². The average molecular weight is 400 g/mol. The molecular weight excluding hydrogens is 381 g/mol. The van der Waals surface area contributed by atoms with Gasteiger partial charge in [0, 0.05) is 11.0 Å². The van der Waals surface area contributed by atoms with E-state index < -0.39 is 29.4 Å². The number of nitrogens with one attached hydrogen (secondary N) is 1. The van der Waals surface area contributed by atoms with Gasteiger partial charge in [-0.2, -0.15) is 0 Å². The Morgan fingerprint density at radius 2 is 1.96 bits per heavy atom. The van der Waals surface area contributed by atoms with Crippen molar-refractivity contribution in [2.75, 3.05) is 0 Å². The molecule has 2 aliphatic rings. The maximum atomic E-state index is 11.7. The first-order chi connectivity index (χ1) is 12.3. The number of carbonyl (C=O) groups excluding carboxylic acids is 2. The fourth-order valence-electron chi connectivity index (χ4n) is 3.82. The minimum atomic E-state index is -0.934. The van der Waals surface area contributed by atoms with E-state index in [-0.39, 0.29) is 21.2 Å². The molecule has 0 saturated heterocycles. The smallest absolute Gasteiger partial charge is 0.298 e. The molecule has 0 saturated carbocycles. The molecule has 1 aliphatic carbocycles. The first kappa shape index (κ1) is 19.0. The summed E-state index contributed by atoms with van der Waals surface area (Å²) in [5.74, 6) is -3.07. The van der Waals surface area contributed by atoms with E-state index in [1.807, 2.05) is 12.2 Å². The number of halogens is 2. The summed E-state index contributed by atoms with van der Waals surface area (Å²) in [5, 5.41) is 22.7. The highest BCUT2D eigenvalue weighted by molar-refractivity contribution is 6.43. The van der Waals surface area contributed by atoms with Crippen LogP contribution in [0.3, 0.4) is 0 Å². The molecule has 2 atom stereocenters. The maximum absolute atomic E-state index is 11.7. The highest BCUT2D eigenvalue weighted by atomic mass is 35.5. The molecule has 1 heterocycles. The topological polar surface area (TPSA) is 95.9 Å². The second-order valence-corrected chi connectivity index (χ2v) is 7.44. The first-order valence-electron chi connectivity index (χ1n) is 8.41. The lowest BCUT2D eigenvalue weighted by molar-refractivity contribution is -0.125. The zero-order chi connectivity index (χ0) is 19.2. The molecule has 0 bridgehead atoms. The number of aliphatic hydroxyl groups is 2. The Morgan fingerprint density at radius 3 is 2.50 bits per heavy atom. The number of carbonyl (C=O) groups is 2. The average Bonchev–Trinajstić information content (AvgIpc) is 3.01. The zero-order valence-corrected chi connectivity index (χ0v) is 15.9. The third kappa shape index (κ3) is 2.76. The van der Waals surface area contributed by atoms with Crippen LogP contribution in [-0.2, 0) is 16.0 Å². The molecule has 2 amide bonds. The van der Waals surface area contributed by atoms with Crippen molar-refractivity contribution in [1.82, 2.24) is 5.32 Å². The highest BCUT2D eigenvalue weighted by Gasteiger charge is 2.45. The van der Waals surface area contributed by atoms with Gasteiger partial charge in [0.2, 0.25) is 11.5 Å². The molecule has 0 spiro atoms. The number of rotatable bonds is 5. The molecule has 6 nitrogen and oxygen atoms in total. The van der Waals surface area contributed by atoms with Crippen LogP contribution in [0.25, 0.3) is 0 Å². The summed E-state index contributed by atoms with van der Waals surface area (Å²) in [4.78, 5) is 23.1. The van der Waals surface area contributed by atoms with Crippen molar-refractivity contribution in [1.29, 1.82) is 0 Å². The van der Waals surface area contributed by atoms with Crippen LogP contribution in [0.2, 0.25) is 10.0 Å². The first-order valence-corrected chi connectivity index (χ1v) is 9.17. The predicted molar refractivity (Wildman–Crippen MR) is 96.2 cm³/mol. The van der Waals surface area contributed by atoms with Crippen LogP contribution in [0.4, 0.5) is 0 Å². The van der Waals surface area contributed by atoms with Gasteiger partial charge in [0.1, 0.15) is 10.8 Å². The van der Waals surface area contributed by atoms with E-state index in [0.29, 0.717) is 12.0 Å². The number of ether oxygens (including phenoxy) is 1. The molecular formula is C18H19Cl2NO5. The number of hydrogen-bond donors (Lipinski definition) is 3. The van der Waals surface area contributed by atoms with Crippen molar-refractivity contribution >= 4 is 35.0 Å². The van der Waals surface area contributed by atoms with Gasteiger partial charge >= 0.3 is 0 Å². The Bertz CT molecular complexity index is 835. The normalized spacial score (nSPS) is 24.9. The van der Waals surface area contributed by atoms with Crippen molar-refractivity contribution in [3.05, 3.63) is 38.8 Å². The Labute approximate surface area is 160 Å². The summed E-state index contributed by atoms with van der Waals surface area (Å²) in [5.41, 5.74) is 1.02. The second-order valence-electron chi connectivity index (χ2n) is 6.68. The summed E-state index contributed by atoms with van der Waals surface area (Å²) in [6.45, 7) is 4.08. The van der Waals surface area contributed by atoms with Crippen LogP contribution >= 0.6 is 23.2 Å². The number of benzene rings is 1. The third-order valence-corrected chi connectivity index (χ3v) is 6.08. The van der Waals surface area contributed by atoms with E-state index in [2.05, 4.69) is 6.92 Å². The van der Waals surface area contributed by atoms with Gasteiger partial charge in [-0.1, -0.05) is 43.5 Å².